The van der Waals surface area contributed by atoms with Crippen molar-refractivity contribution < 1.29 is 13.6 Å². The van der Waals surface area contributed by atoms with Crippen LogP contribution in [0, 0.1) is 6.57 Å². The summed E-state index contributed by atoms with van der Waals surface area (Å²) < 4.78 is 27.8. The van der Waals surface area contributed by atoms with Gasteiger partial charge in [0.15, 0.2) is 0 Å². The summed E-state index contributed by atoms with van der Waals surface area (Å²) in [6, 6.07) is 1.35. The Balaban J connectivity index is 2.88. The van der Waals surface area contributed by atoms with E-state index >= 15 is 0 Å². The van der Waals surface area contributed by atoms with Crippen molar-refractivity contribution in [1.29, 1.82) is 0 Å². The molecule has 1 aromatic heterocycles. The zero-order valence-electron chi connectivity index (χ0n) is 13.9. The molecule has 98 valence electrons. The third kappa shape index (κ3) is 3.77. The Labute approximate surface area is 111 Å². The first-order chi connectivity index (χ1) is 9.44. The molecule has 6 heteroatoms. The van der Waals surface area contributed by atoms with E-state index in [9.17, 15) is 4.79 Å². The summed E-state index contributed by atoms with van der Waals surface area (Å²) in [6.07, 6.45) is -0.546. The third-order valence-electron chi connectivity index (χ3n) is 1.96. The largest absolute Gasteiger partial charge is 0.444 e. The van der Waals surface area contributed by atoms with Crippen molar-refractivity contribution in [2.75, 3.05) is 7.05 Å². The lowest BCUT2D eigenvalue weighted by molar-refractivity contribution is 0.0283. The molecule has 0 radical (unpaired) electrons. The zero-order valence-corrected chi connectivity index (χ0v) is 10.9. The van der Waals surface area contributed by atoms with E-state index < -0.39 is 18.7 Å². The van der Waals surface area contributed by atoms with Crippen molar-refractivity contribution in [3.8, 4) is 0 Å². The summed E-state index contributed by atoms with van der Waals surface area (Å²) in [5.74, 6) is -0.0948. The molecule has 1 rings (SSSR count). The number of hydrogen-bond donors (Lipinski definition) is 0. The van der Waals surface area contributed by atoms with Gasteiger partial charge in [-0.25, -0.2) is 9.48 Å². The van der Waals surface area contributed by atoms with E-state index in [1.54, 1.807) is 20.8 Å². The van der Waals surface area contributed by atoms with Gasteiger partial charge in [-0.3, -0.25) is 0 Å². The topological polar surface area (TPSA) is 51.7 Å². The molecule has 0 bridgehead atoms. The van der Waals surface area contributed by atoms with Crippen LogP contribution in [0.25, 0.3) is 4.85 Å². The molecule has 1 heterocycles. The van der Waals surface area contributed by atoms with Crippen LogP contribution < -0.4 is 0 Å². The van der Waals surface area contributed by atoms with Crippen molar-refractivity contribution >= 4 is 11.9 Å². The lowest BCUT2D eigenvalue weighted by atomic mass is 10.2. The molecule has 0 aliphatic rings. The van der Waals surface area contributed by atoms with E-state index in [2.05, 4.69) is 9.94 Å². The van der Waals surface area contributed by atoms with Gasteiger partial charge in [0, 0.05) is 7.05 Å². The summed E-state index contributed by atoms with van der Waals surface area (Å²) in [5.41, 5.74) is -0.309. The maximum atomic E-state index is 11.8. The van der Waals surface area contributed by atoms with Gasteiger partial charge in [-0.15, -0.1) is 5.10 Å². The van der Waals surface area contributed by atoms with E-state index in [4.69, 9.17) is 15.4 Å². The van der Waals surface area contributed by atoms with E-state index in [0.29, 0.717) is 10.4 Å². The Kier molecular flexibility index (Phi) is 2.81. The van der Waals surface area contributed by atoms with Crippen LogP contribution in [0.5, 0.6) is 0 Å². The standard InChI is InChI=1S/C12H18N4O2/c1-12(2,3)18-11(17)15(5)8-9-7-10(13-4)16(6)14-9/h7H,8H2,1-3,5-6H3/i6D3. The Morgan fingerprint density at radius 1 is 1.72 bits per heavy atom. The SMILES string of the molecule is [2H]C([2H])([2H])n1nc(CN(C)C(=O)OC(C)(C)C)cc1[N+]#[C-]. The maximum absolute atomic E-state index is 11.8. The van der Waals surface area contributed by atoms with Gasteiger partial charge in [-0.05, 0) is 26.8 Å². The number of carbonyl (C=O) groups excluding carboxylic acids is 1. The van der Waals surface area contributed by atoms with Crippen molar-refractivity contribution in [2.24, 2.45) is 6.98 Å². The highest BCUT2D eigenvalue weighted by atomic mass is 16.6. The molecule has 0 N–H and O–H groups in total. The number of carbonyl (C=O) groups is 1. The molecule has 0 aliphatic carbocycles. The Morgan fingerprint density at radius 3 is 2.83 bits per heavy atom. The summed E-state index contributed by atoms with van der Waals surface area (Å²) in [6.45, 7) is 9.75. The second-order valence-corrected chi connectivity index (χ2v) is 4.85. The molecule has 0 aromatic carbocycles. The molecule has 18 heavy (non-hydrogen) atoms. The molecule has 0 unspecified atom stereocenters. The van der Waals surface area contributed by atoms with Gasteiger partial charge >= 0.3 is 6.09 Å². The fourth-order valence-electron chi connectivity index (χ4n) is 1.22. The molecule has 0 atom stereocenters. The number of ether oxygens (including phenoxy) is 1. The van der Waals surface area contributed by atoms with Gasteiger partial charge in [0.1, 0.15) is 5.60 Å². The lowest BCUT2D eigenvalue weighted by Crippen LogP contribution is -2.33. The zero-order chi connectivity index (χ0) is 16.4. The number of amides is 1. The fourth-order valence-corrected chi connectivity index (χ4v) is 1.22. The van der Waals surface area contributed by atoms with Crippen LogP contribution in [0.1, 0.15) is 30.6 Å². The van der Waals surface area contributed by atoms with Crippen LogP contribution in [-0.2, 0) is 18.3 Å². The molecule has 0 aliphatic heterocycles. The third-order valence-corrected chi connectivity index (χ3v) is 1.96. The first-order valence-electron chi connectivity index (χ1n) is 6.85. The summed E-state index contributed by atoms with van der Waals surface area (Å²) in [4.78, 5) is 16.2. The molecule has 1 aromatic rings. The number of hydrogen-bond acceptors (Lipinski definition) is 3. The predicted octanol–water partition coefficient (Wildman–Crippen LogP) is 2.34. The number of aromatic nitrogens is 2. The quantitative estimate of drug-likeness (QED) is 0.760. The van der Waals surface area contributed by atoms with Crippen molar-refractivity contribution in [1.82, 2.24) is 14.7 Å². The summed E-state index contributed by atoms with van der Waals surface area (Å²) >= 11 is 0. The number of rotatable bonds is 2. The summed E-state index contributed by atoms with van der Waals surface area (Å²) in [5, 5.41) is 3.86. The molecular weight excluding hydrogens is 232 g/mol. The average molecular weight is 253 g/mol. The minimum Gasteiger partial charge on any atom is -0.444 e. The molecule has 0 saturated carbocycles. The minimum atomic E-state index is -2.53. The maximum Gasteiger partial charge on any atom is 0.410 e. The van der Waals surface area contributed by atoms with Gasteiger partial charge in [-0.1, -0.05) is 6.57 Å². The molecule has 1 amide bonds. The highest BCUT2D eigenvalue weighted by Gasteiger charge is 2.20. The van der Waals surface area contributed by atoms with Gasteiger partial charge in [0.05, 0.1) is 23.3 Å². The monoisotopic (exact) mass is 253 g/mol. The molecule has 0 fully saturated rings. The summed E-state index contributed by atoms with van der Waals surface area (Å²) in [7, 11) is 1.51. The second-order valence-electron chi connectivity index (χ2n) is 4.85. The Morgan fingerprint density at radius 2 is 2.39 bits per heavy atom. The van der Waals surface area contributed by atoms with Gasteiger partial charge in [-0.2, -0.15) is 0 Å². The van der Waals surface area contributed by atoms with E-state index in [1.165, 1.54) is 18.0 Å². The van der Waals surface area contributed by atoms with E-state index in [-0.39, 0.29) is 12.4 Å². The van der Waals surface area contributed by atoms with Crippen LogP contribution in [0.4, 0.5) is 10.6 Å². The van der Waals surface area contributed by atoms with Gasteiger partial charge in [0.25, 0.3) is 5.82 Å². The minimum absolute atomic E-state index is 0.0561. The van der Waals surface area contributed by atoms with Crippen LogP contribution >= 0.6 is 0 Å². The lowest BCUT2D eigenvalue weighted by Gasteiger charge is -2.24. The average Bonchev–Trinajstić information content (AvgIpc) is 2.69. The molecular formula is C12H18N4O2. The highest BCUT2D eigenvalue weighted by Crippen LogP contribution is 2.15. The first kappa shape index (κ1) is 9.95. The Hall–Kier alpha value is -2.03. The molecule has 0 spiro atoms. The number of aryl methyl sites for hydroxylation is 1. The first-order valence-corrected chi connectivity index (χ1v) is 5.35. The molecule has 6 nitrogen and oxygen atoms in total. The van der Waals surface area contributed by atoms with Crippen molar-refractivity contribution in [3.63, 3.8) is 0 Å². The van der Waals surface area contributed by atoms with Crippen molar-refractivity contribution in [2.45, 2.75) is 32.9 Å². The second kappa shape index (κ2) is 5.08. The number of nitrogens with zero attached hydrogens (tertiary/aromatic N) is 4. The normalized spacial score (nSPS) is 14.1. The molecule has 0 saturated heterocycles. The van der Waals surface area contributed by atoms with Gasteiger partial charge < -0.3 is 14.5 Å². The van der Waals surface area contributed by atoms with Crippen LogP contribution in [-0.4, -0.2) is 33.4 Å². The van der Waals surface area contributed by atoms with E-state index in [0.717, 1.165) is 0 Å². The highest BCUT2D eigenvalue weighted by molar-refractivity contribution is 5.67. The van der Waals surface area contributed by atoms with Crippen LogP contribution in [0.3, 0.4) is 0 Å². The Bertz CT molecular complexity index is 567. The van der Waals surface area contributed by atoms with Crippen molar-refractivity contribution in [3.05, 3.63) is 23.2 Å². The van der Waals surface area contributed by atoms with E-state index in [1.807, 2.05) is 0 Å². The predicted molar refractivity (Wildman–Crippen MR) is 67.2 cm³/mol. The smallest absolute Gasteiger partial charge is 0.410 e. The van der Waals surface area contributed by atoms with Crippen LogP contribution in [0.2, 0.25) is 0 Å². The fraction of sp³-hybridized carbons (Fsp3) is 0.583. The van der Waals surface area contributed by atoms with Crippen LogP contribution in [0.15, 0.2) is 6.07 Å². The van der Waals surface area contributed by atoms with Gasteiger partial charge in [0.2, 0.25) is 0 Å².